The van der Waals surface area contributed by atoms with Crippen molar-refractivity contribution in [3.05, 3.63) is 29.8 Å². The highest BCUT2D eigenvalue weighted by molar-refractivity contribution is 5.85. The summed E-state index contributed by atoms with van der Waals surface area (Å²) in [6, 6.07) is 8.56. The van der Waals surface area contributed by atoms with Gasteiger partial charge in [0.25, 0.3) is 0 Å². The van der Waals surface area contributed by atoms with Crippen LogP contribution in [0.5, 0.6) is 0 Å². The Kier molecular flexibility index (Phi) is 8.96. The summed E-state index contributed by atoms with van der Waals surface area (Å²) in [7, 11) is 4.07. The van der Waals surface area contributed by atoms with Crippen molar-refractivity contribution in [1.29, 1.82) is 0 Å². The Balaban J connectivity index is 0.00000242. The fraction of sp³-hybridized carbons (Fsp3) is 0.588. The van der Waals surface area contributed by atoms with Crippen LogP contribution in [0.15, 0.2) is 24.3 Å². The number of rotatable bonds is 4. The lowest BCUT2D eigenvalue weighted by atomic mass is 9.99. The van der Waals surface area contributed by atoms with E-state index in [9.17, 15) is 4.79 Å². The molecule has 4 nitrogen and oxygen atoms in total. The molecule has 1 aliphatic heterocycles. The molecule has 1 aliphatic rings. The minimum absolute atomic E-state index is 0. The first-order chi connectivity index (χ1) is 9.91. The number of halogens is 2. The summed E-state index contributed by atoms with van der Waals surface area (Å²) in [5.41, 5.74) is 8.30. The molecular weight excluding hydrogens is 333 g/mol. The average molecular weight is 362 g/mol. The van der Waals surface area contributed by atoms with Gasteiger partial charge in [-0.1, -0.05) is 19.1 Å². The van der Waals surface area contributed by atoms with Gasteiger partial charge in [-0.05, 0) is 37.5 Å². The van der Waals surface area contributed by atoms with E-state index in [1.54, 1.807) is 0 Å². The third-order valence-electron chi connectivity index (χ3n) is 4.49. The van der Waals surface area contributed by atoms with Gasteiger partial charge in [0.2, 0.25) is 5.91 Å². The molecule has 3 unspecified atom stereocenters. The lowest BCUT2D eigenvalue weighted by Gasteiger charge is -2.29. The number of likely N-dealkylation sites (tertiary alicyclic amines) is 1. The van der Waals surface area contributed by atoms with Gasteiger partial charge in [0.1, 0.15) is 0 Å². The van der Waals surface area contributed by atoms with Gasteiger partial charge >= 0.3 is 0 Å². The number of hydrogen-bond donors (Lipinski definition) is 1. The van der Waals surface area contributed by atoms with Gasteiger partial charge in [-0.15, -0.1) is 24.8 Å². The first-order valence-electron chi connectivity index (χ1n) is 7.75. The molecule has 2 N–H and O–H groups in total. The summed E-state index contributed by atoms with van der Waals surface area (Å²) in [5, 5.41) is 0. The quantitative estimate of drug-likeness (QED) is 0.895. The van der Waals surface area contributed by atoms with Crippen molar-refractivity contribution in [3.8, 4) is 0 Å². The maximum absolute atomic E-state index is 12.6. The SMILES string of the molecule is CC(N)C(C)C(=O)N1CCCC1c1cccc(N(C)C)c1.Cl.Cl. The van der Waals surface area contributed by atoms with Crippen molar-refractivity contribution in [3.63, 3.8) is 0 Å². The summed E-state index contributed by atoms with van der Waals surface area (Å²) in [6.07, 6.45) is 2.10. The van der Waals surface area contributed by atoms with Crippen LogP contribution in [0.25, 0.3) is 0 Å². The number of benzene rings is 1. The molecule has 3 atom stereocenters. The third-order valence-corrected chi connectivity index (χ3v) is 4.49. The second-order valence-electron chi connectivity index (χ2n) is 6.33. The zero-order chi connectivity index (χ0) is 15.6. The highest BCUT2D eigenvalue weighted by Crippen LogP contribution is 2.34. The van der Waals surface area contributed by atoms with Crippen molar-refractivity contribution in [2.24, 2.45) is 11.7 Å². The normalized spacial score (nSPS) is 19.3. The first kappa shape index (κ1) is 22.0. The van der Waals surface area contributed by atoms with Gasteiger partial charge in [-0.3, -0.25) is 4.79 Å². The number of carbonyl (C=O) groups excluding carboxylic acids is 1. The molecule has 132 valence electrons. The Hall–Kier alpha value is -0.970. The topological polar surface area (TPSA) is 49.6 Å². The Bertz CT molecular complexity index is 508. The molecule has 0 aromatic heterocycles. The van der Waals surface area contributed by atoms with Crippen LogP contribution >= 0.6 is 24.8 Å². The van der Waals surface area contributed by atoms with E-state index in [1.165, 1.54) is 11.3 Å². The molecule has 1 amide bonds. The molecule has 0 saturated carbocycles. The standard InChI is InChI=1S/C17H27N3O.2ClH/c1-12(13(2)18)17(21)20-10-6-9-16(20)14-7-5-8-15(11-14)19(3)4;;/h5,7-8,11-13,16H,6,9-10,18H2,1-4H3;2*1H. The minimum atomic E-state index is -0.123. The van der Waals surface area contributed by atoms with Crippen LogP contribution in [-0.2, 0) is 4.79 Å². The molecule has 1 aromatic carbocycles. The molecular formula is C17H29Cl2N3O. The van der Waals surface area contributed by atoms with Gasteiger partial charge in [-0.25, -0.2) is 0 Å². The van der Waals surface area contributed by atoms with Crippen LogP contribution in [0.2, 0.25) is 0 Å². The molecule has 0 aliphatic carbocycles. The van der Waals surface area contributed by atoms with Crippen molar-refractivity contribution in [1.82, 2.24) is 4.90 Å². The van der Waals surface area contributed by atoms with E-state index in [0.29, 0.717) is 0 Å². The highest BCUT2D eigenvalue weighted by Gasteiger charge is 2.33. The number of nitrogens with zero attached hydrogens (tertiary/aromatic N) is 2. The maximum atomic E-state index is 12.6. The molecule has 1 saturated heterocycles. The molecule has 1 aromatic rings. The first-order valence-corrected chi connectivity index (χ1v) is 7.75. The predicted molar refractivity (Wildman–Crippen MR) is 102 cm³/mol. The maximum Gasteiger partial charge on any atom is 0.227 e. The number of carbonyl (C=O) groups is 1. The molecule has 0 spiro atoms. The molecule has 6 heteroatoms. The second-order valence-corrected chi connectivity index (χ2v) is 6.33. The zero-order valence-electron chi connectivity index (χ0n) is 14.4. The Morgan fingerprint density at radius 1 is 1.30 bits per heavy atom. The fourth-order valence-electron chi connectivity index (χ4n) is 2.87. The largest absolute Gasteiger partial charge is 0.378 e. The van der Waals surface area contributed by atoms with Gasteiger partial charge in [-0.2, -0.15) is 0 Å². The van der Waals surface area contributed by atoms with E-state index < -0.39 is 0 Å². The third kappa shape index (κ3) is 5.00. The molecule has 2 rings (SSSR count). The van der Waals surface area contributed by atoms with Crippen molar-refractivity contribution in [2.45, 2.75) is 38.8 Å². The second kappa shape index (κ2) is 9.36. The van der Waals surface area contributed by atoms with Crippen LogP contribution in [0.4, 0.5) is 5.69 Å². The van der Waals surface area contributed by atoms with Crippen LogP contribution in [-0.4, -0.2) is 37.5 Å². The lowest BCUT2D eigenvalue weighted by molar-refractivity contribution is -0.136. The number of nitrogens with two attached hydrogens (primary N) is 1. The monoisotopic (exact) mass is 361 g/mol. The average Bonchev–Trinajstić information content (AvgIpc) is 2.95. The number of anilines is 1. The van der Waals surface area contributed by atoms with Gasteiger partial charge in [0.05, 0.1) is 12.0 Å². The summed E-state index contributed by atoms with van der Waals surface area (Å²) in [5.74, 6) is 0.0605. The van der Waals surface area contributed by atoms with Crippen LogP contribution in [0.3, 0.4) is 0 Å². The van der Waals surface area contributed by atoms with E-state index in [1.807, 2.05) is 32.8 Å². The van der Waals surface area contributed by atoms with Crippen molar-refractivity contribution in [2.75, 3.05) is 25.5 Å². The molecule has 1 heterocycles. The van der Waals surface area contributed by atoms with Gasteiger partial charge in [0, 0.05) is 32.4 Å². The fourth-order valence-corrected chi connectivity index (χ4v) is 2.87. The number of hydrogen-bond acceptors (Lipinski definition) is 3. The molecule has 23 heavy (non-hydrogen) atoms. The van der Waals surface area contributed by atoms with Crippen molar-refractivity contribution >= 4 is 36.4 Å². The van der Waals surface area contributed by atoms with E-state index in [2.05, 4.69) is 29.2 Å². The minimum Gasteiger partial charge on any atom is -0.378 e. The van der Waals surface area contributed by atoms with E-state index in [4.69, 9.17) is 5.73 Å². The van der Waals surface area contributed by atoms with Gasteiger partial charge < -0.3 is 15.5 Å². The number of amides is 1. The molecule has 0 bridgehead atoms. The molecule has 0 radical (unpaired) electrons. The van der Waals surface area contributed by atoms with E-state index in [-0.39, 0.29) is 48.7 Å². The van der Waals surface area contributed by atoms with Crippen LogP contribution in [0.1, 0.15) is 38.3 Å². The highest BCUT2D eigenvalue weighted by atomic mass is 35.5. The van der Waals surface area contributed by atoms with Gasteiger partial charge in [0.15, 0.2) is 0 Å². The Labute approximate surface area is 152 Å². The summed E-state index contributed by atoms with van der Waals surface area (Å²) in [4.78, 5) is 16.7. The zero-order valence-corrected chi connectivity index (χ0v) is 16.0. The van der Waals surface area contributed by atoms with Crippen molar-refractivity contribution < 1.29 is 4.79 Å². The summed E-state index contributed by atoms with van der Waals surface area (Å²) < 4.78 is 0. The Morgan fingerprint density at radius 2 is 1.96 bits per heavy atom. The predicted octanol–water partition coefficient (Wildman–Crippen LogP) is 3.24. The Morgan fingerprint density at radius 3 is 2.52 bits per heavy atom. The summed E-state index contributed by atoms with van der Waals surface area (Å²) >= 11 is 0. The smallest absolute Gasteiger partial charge is 0.227 e. The van der Waals surface area contributed by atoms with E-state index in [0.717, 1.165) is 19.4 Å². The van der Waals surface area contributed by atoms with Crippen LogP contribution in [0, 0.1) is 5.92 Å². The molecule has 1 fully saturated rings. The van der Waals surface area contributed by atoms with Crippen LogP contribution < -0.4 is 10.6 Å². The summed E-state index contributed by atoms with van der Waals surface area (Å²) in [6.45, 7) is 4.67. The van der Waals surface area contributed by atoms with E-state index >= 15 is 0 Å². The lowest BCUT2D eigenvalue weighted by Crippen LogP contribution is -2.41.